The van der Waals surface area contributed by atoms with Crippen LogP contribution in [0.3, 0.4) is 0 Å². The average Bonchev–Trinajstić information content (AvgIpc) is 2.52. The third-order valence-corrected chi connectivity index (χ3v) is 3.65. The second kappa shape index (κ2) is 7.94. The molecule has 2 rings (SSSR count). The Morgan fingerprint density at radius 3 is 2.55 bits per heavy atom. The topological polar surface area (TPSA) is 50.7 Å². The fourth-order valence-electron chi connectivity index (χ4n) is 1.84. The lowest BCUT2D eigenvalue weighted by molar-refractivity contribution is -0.131. The second-order valence-electron chi connectivity index (χ2n) is 4.43. The fourth-order valence-corrected chi connectivity index (χ4v) is 2.15. The number of carbonyl (C=O) groups excluding carboxylic acids is 1. The largest absolute Gasteiger partial charge is 0.367 e. The molecule has 0 aliphatic carbocycles. The fraction of sp³-hybridized carbons (Fsp3) is 0.125. The highest BCUT2D eigenvalue weighted by molar-refractivity contribution is 6.42. The van der Waals surface area contributed by atoms with Gasteiger partial charge in [-0.15, -0.1) is 0 Å². The van der Waals surface area contributed by atoms with Crippen molar-refractivity contribution in [3.8, 4) is 0 Å². The van der Waals surface area contributed by atoms with Crippen LogP contribution in [0, 0.1) is 0 Å². The van der Waals surface area contributed by atoms with E-state index >= 15 is 0 Å². The van der Waals surface area contributed by atoms with E-state index in [4.69, 9.17) is 27.9 Å². The summed E-state index contributed by atoms with van der Waals surface area (Å²) in [6.07, 6.45) is 0.768. The highest BCUT2D eigenvalue weighted by atomic mass is 35.5. The second-order valence-corrected chi connectivity index (χ2v) is 5.25. The van der Waals surface area contributed by atoms with Crippen LogP contribution in [0.25, 0.3) is 0 Å². The maximum Gasteiger partial charge on any atom is 0.273 e. The lowest BCUT2D eigenvalue weighted by Crippen LogP contribution is -2.26. The minimum Gasteiger partial charge on any atom is -0.367 e. The predicted octanol–water partition coefficient (Wildman–Crippen LogP) is 3.83. The molecular weight excluding hydrogens is 323 g/mol. The number of methoxy groups -OCH3 is 1. The summed E-state index contributed by atoms with van der Waals surface area (Å²) in [6.45, 7) is 0. The van der Waals surface area contributed by atoms with Crippen LogP contribution in [-0.2, 0) is 9.53 Å². The van der Waals surface area contributed by atoms with Crippen LogP contribution in [0.2, 0.25) is 10.0 Å². The van der Waals surface area contributed by atoms with Crippen LogP contribution in [0.5, 0.6) is 0 Å². The molecule has 6 heteroatoms. The molecule has 1 unspecified atom stereocenters. The number of carbonyl (C=O) groups is 1. The third kappa shape index (κ3) is 4.31. The van der Waals surface area contributed by atoms with Crippen molar-refractivity contribution in [2.75, 3.05) is 7.11 Å². The average molecular weight is 337 g/mol. The summed E-state index contributed by atoms with van der Waals surface area (Å²) < 4.78 is 5.21. The Kier molecular flexibility index (Phi) is 5.95. The van der Waals surface area contributed by atoms with Gasteiger partial charge in [0.05, 0.1) is 16.3 Å². The van der Waals surface area contributed by atoms with Crippen LogP contribution in [0.15, 0.2) is 53.6 Å². The number of hydrogen-bond acceptors (Lipinski definition) is 3. The quantitative estimate of drug-likeness (QED) is 0.666. The smallest absolute Gasteiger partial charge is 0.273 e. The van der Waals surface area contributed by atoms with Gasteiger partial charge in [-0.3, -0.25) is 4.79 Å². The summed E-state index contributed by atoms with van der Waals surface area (Å²) >= 11 is 11.7. The number of benzene rings is 2. The molecule has 0 aliphatic rings. The van der Waals surface area contributed by atoms with Crippen molar-refractivity contribution < 1.29 is 9.53 Å². The van der Waals surface area contributed by atoms with Crippen LogP contribution in [0.4, 0.5) is 0 Å². The van der Waals surface area contributed by atoms with E-state index in [2.05, 4.69) is 10.5 Å². The number of ether oxygens (including phenoxy) is 1. The normalized spacial score (nSPS) is 12.3. The van der Waals surface area contributed by atoms with E-state index in [9.17, 15) is 4.79 Å². The Bertz CT molecular complexity index is 675. The van der Waals surface area contributed by atoms with Gasteiger partial charge in [-0.05, 0) is 23.3 Å². The minimum absolute atomic E-state index is 0.356. The first kappa shape index (κ1) is 16.5. The van der Waals surface area contributed by atoms with Crippen molar-refractivity contribution in [3.63, 3.8) is 0 Å². The van der Waals surface area contributed by atoms with E-state index in [0.717, 1.165) is 11.1 Å². The molecule has 0 spiro atoms. The molecule has 4 nitrogen and oxygen atoms in total. The van der Waals surface area contributed by atoms with Crippen LogP contribution in [0.1, 0.15) is 17.2 Å². The SMILES string of the molecule is COC(C(=O)N/N=C/c1ccc(Cl)c(Cl)c1)c1ccccc1. The first-order valence-electron chi connectivity index (χ1n) is 6.47. The van der Waals surface area contributed by atoms with Crippen LogP contribution < -0.4 is 5.43 Å². The first-order chi connectivity index (χ1) is 10.6. The van der Waals surface area contributed by atoms with Gasteiger partial charge in [-0.25, -0.2) is 5.43 Å². The predicted molar refractivity (Wildman–Crippen MR) is 88.4 cm³/mol. The zero-order valence-corrected chi connectivity index (χ0v) is 13.3. The summed E-state index contributed by atoms with van der Waals surface area (Å²) in [5, 5.41) is 4.79. The van der Waals surface area contributed by atoms with E-state index < -0.39 is 6.10 Å². The van der Waals surface area contributed by atoms with Crippen molar-refractivity contribution in [2.45, 2.75) is 6.10 Å². The molecule has 1 N–H and O–H groups in total. The van der Waals surface area contributed by atoms with Crippen LogP contribution >= 0.6 is 23.2 Å². The Morgan fingerprint density at radius 1 is 1.18 bits per heavy atom. The Morgan fingerprint density at radius 2 is 1.91 bits per heavy atom. The molecule has 0 aromatic heterocycles. The summed E-state index contributed by atoms with van der Waals surface area (Å²) in [5.41, 5.74) is 3.93. The molecule has 0 heterocycles. The molecule has 22 heavy (non-hydrogen) atoms. The number of hydrazone groups is 1. The first-order valence-corrected chi connectivity index (χ1v) is 7.23. The van der Waals surface area contributed by atoms with Gasteiger partial charge in [0.2, 0.25) is 0 Å². The number of nitrogens with one attached hydrogen (secondary N) is 1. The number of hydrogen-bond donors (Lipinski definition) is 1. The zero-order valence-electron chi connectivity index (χ0n) is 11.8. The molecule has 2 aromatic carbocycles. The highest BCUT2D eigenvalue weighted by Crippen LogP contribution is 2.21. The molecule has 0 radical (unpaired) electrons. The third-order valence-electron chi connectivity index (χ3n) is 2.91. The molecule has 0 fully saturated rings. The molecule has 0 saturated heterocycles. The van der Waals surface area contributed by atoms with E-state index in [-0.39, 0.29) is 5.91 Å². The van der Waals surface area contributed by atoms with Gasteiger partial charge in [-0.1, -0.05) is 59.6 Å². The summed E-state index contributed by atoms with van der Waals surface area (Å²) in [7, 11) is 1.47. The van der Waals surface area contributed by atoms with Crippen molar-refractivity contribution in [1.82, 2.24) is 5.43 Å². The highest BCUT2D eigenvalue weighted by Gasteiger charge is 2.18. The molecule has 0 saturated carbocycles. The number of amides is 1. The molecule has 0 bridgehead atoms. The number of halogens is 2. The summed E-state index contributed by atoms with van der Waals surface area (Å²) in [6, 6.07) is 14.2. The minimum atomic E-state index is -0.716. The van der Waals surface area contributed by atoms with Gasteiger partial charge in [0, 0.05) is 7.11 Å². The molecular formula is C16H14Cl2N2O2. The van der Waals surface area contributed by atoms with Crippen molar-refractivity contribution >= 4 is 35.3 Å². The van der Waals surface area contributed by atoms with E-state index in [1.54, 1.807) is 18.2 Å². The van der Waals surface area contributed by atoms with Crippen molar-refractivity contribution in [3.05, 3.63) is 69.7 Å². The Labute approximate surface area is 138 Å². The van der Waals surface area contributed by atoms with Gasteiger partial charge >= 0.3 is 0 Å². The van der Waals surface area contributed by atoms with Gasteiger partial charge in [-0.2, -0.15) is 5.10 Å². The molecule has 114 valence electrons. The molecule has 1 amide bonds. The van der Waals surface area contributed by atoms with Crippen molar-refractivity contribution in [2.24, 2.45) is 5.10 Å². The van der Waals surface area contributed by atoms with Gasteiger partial charge < -0.3 is 4.74 Å². The van der Waals surface area contributed by atoms with Gasteiger partial charge in [0.1, 0.15) is 0 Å². The Hall–Kier alpha value is -1.88. The number of nitrogens with zero attached hydrogens (tertiary/aromatic N) is 1. The summed E-state index contributed by atoms with van der Waals surface area (Å²) in [4.78, 5) is 12.1. The van der Waals surface area contributed by atoms with Crippen molar-refractivity contribution in [1.29, 1.82) is 0 Å². The maximum absolute atomic E-state index is 12.1. The van der Waals surface area contributed by atoms with Gasteiger partial charge in [0.25, 0.3) is 5.91 Å². The lowest BCUT2D eigenvalue weighted by atomic mass is 10.1. The van der Waals surface area contributed by atoms with Gasteiger partial charge in [0.15, 0.2) is 6.10 Å². The van der Waals surface area contributed by atoms with E-state index in [1.165, 1.54) is 13.3 Å². The van der Waals surface area contributed by atoms with E-state index in [1.807, 2.05) is 30.3 Å². The molecule has 1 atom stereocenters. The standard InChI is InChI=1S/C16H14Cl2N2O2/c1-22-15(12-5-3-2-4-6-12)16(21)20-19-10-11-7-8-13(17)14(18)9-11/h2-10,15H,1H3,(H,20,21)/b19-10+. The monoisotopic (exact) mass is 336 g/mol. The maximum atomic E-state index is 12.1. The zero-order chi connectivity index (χ0) is 15.9. The number of rotatable bonds is 5. The van der Waals surface area contributed by atoms with Crippen LogP contribution in [-0.4, -0.2) is 19.2 Å². The Balaban J connectivity index is 2.02. The molecule has 0 aliphatic heterocycles. The molecule has 2 aromatic rings. The lowest BCUT2D eigenvalue weighted by Gasteiger charge is -2.13. The van der Waals surface area contributed by atoms with E-state index in [0.29, 0.717) is 10.0 Å². The summed E-state index contributed by atoms with van der Waals surface area (Å²) in [5.74, 6) is -0.356.